The molecule has 1 amide bonds. The molecule has 0 spiro atoms. The lowest BCUT2D eigenvalue weighted by atomic mass is 10.0. The fourth-order valence-corrected chi connectivity index (χ4v) is 3.37. The second kappa shape index (κ2) is 6.40. The second-order valence-corrected chi connectivity index (χ2v) is 7.19. The molecule has 2 aliphatic carbocycles. The molecule has 0 heterocycles. The lowest BCUT2D eigenvalue weighted by Gasteiger charge is -2.10. The monoisotopic (exact) mass is 320 g/mol. The Kier molecular flexibility index (Phi) is 4.11. The normalized spacial score (nSPS) is 22.2. The molecule has 3 nitrogen and oxygen atoms in total. The number of rotatable bonds is 6. The fraction of sp³-hybridized carbons (Fsp3) is 0.381. The van der Waals surface area contributed by atoms with Crippen molar-refractivity contribution in [2.24, 2.45) is 5.92 Å². The third-order valence-electron chi connectivity index (χ3n) is 5.12. The van der Waals surface area contributed by atoms with E-state index in [9.17, 15) is 4.79 Å². The van der Waals surface area contributed by atoms with Crippen LogP contribution in [0.25, 0.3) is 0 Å². The van der Waals surface area contributed by atoms with Crippen LogP contribution in [-0.4, -0.2) is 18.5 Å². The van der Waals surface area contributed by atoms with Crippen LogP contribution in [0.2, 0.25) is 0 Å². The van der Waals surface area contributed by atoms with Gasteiger partial charge in [-0.25, -0.2) is 0 Å². The number of aryl methyl sites for hydroxylation is 1. The zero-order valence-corrected chi connectivity index (χ0v) is 14.1. The molecule has 0 radical (unpaired) electrons. The molecule has 2 N–H and O–H groups in total. The largest absolute Gasteiger partial charge is 0.322 e. The summed E-state index contributed by atoms with van der Waals surface area (Å²) in [7, 11) is 0. The summed E-state index contributed by atoms with van der Waals surface area (Å²) in [6.45, 7) is 3.33. The van der Waals surface area contributed by atoms with Gasteiger partial charge >= 0.3 is 0 Å². The summed E-state index contributed by atoms with van der Waals surface area (Å²) in [6, 6.07) is 16.3. The molecule has 2 aromatic rings. The predicted molar refractivity (Wildman–Crippen MR) is 97.4 cm³/mol. The lowest BCUT2D eigenvalue weighted by Crippen LogP contribution is -2.20. The number of hydrogen-bond acceptors (Lipinski definition) is 2. The van der Waals surface area contributed by atoms with E-state index >= 15 is 0 Å². The summed E-state index contributed by atoms with van der Waals surface area (Å²) >= 11 is 0. The Labute approximate surface area is 143 Å². The van der Waals surface area contributed by atoms with Gasteiger partial charge in [0.1, 0.15) is 0 Å². The molecule has 0 bridgehead atoms. The van der Waals surface area contributed by atoms with Crippen molar-refractivity contribution in [1.82, 2.24) is 5.32 Å². The predicted octanol–water partition coefficient (Wildman–Crippen LogP) is 4.10. The number of carbonyl (C=O) groups excluding carboxylic acids is 1. The topological polar surface area (TPSA) is 41.1 Å². The summed E-state index contributed by atoms with van der Waals surface area (Å²) in [6.07, 6.45) is 4.04. The van der Waals surface area contributed by atoms with E-state index in [0.717, 1.165) is 11.6 Å². The molecule has 0 aromatic heterocycles. The molecular formula is C21H24N2O. The van der Waals surface area contributed by atoms with Gasteiger partial charge in [0, 0.05) is 23.2 Å². The Morgan fingerprint density at radius 1 is 1.12 bits per heavy atom. The van der Waals surface area contributed by atoms with Gasteiger partial charge in [-0.05, 0) is 74.0 Å². The number of benzene rings is 2. The Balaban J connectivity index is 1.38. The van der Waals surface area contributed by atoms with Crippen LogP contribution in [0.4, 0.5) is 5.69 Å². The molecule has 2 unspecified atom stereocenters. The van der Waals surface area contributed by atoms with Gasteiger partial charge in [-0.15, -0.1) is 0 Å². The first kappa shape index (κ1) is 15.4. The van der Waals surface area contributed by atoms with Crippen molar-refractivity contribution in [2.75, 3.05) is 11.9 Å². The van der Waals surface area contributed by atoms with Crippen LogP contribution in [0, 0.1) is 12.8 Å². The van der Waals surface area contributed by atoms with Gasteiger partial charge in [0.2, 0.25) is 0 Å². The average molecular weight is 320 g/mol. The Bertz CT molecular complexity index is 737. The van der Waals surface area contributed by atoms with Gasteiger partial charge in [0.25, 0.3) is 5.91 Å². The van der Waals surface area contributed by atoms with Crippen LogP contribution in [0.15, 0.2) is 48.5 Å². The van der Waals surface area contributed by atoms with E-state index in [2.05, 4.69) is 29.7 Å². The molecule has 3 heteroatoms. The van der Waals surface area contributed by atoms with Crippen LogP contribution < -0.4 is 10.6 Å². The highest BCUT2D eigenvalue weighted by Crippen LogP contribution is 2.43. The molecular weight excluding hydrogens is 296 g/mol. The maximum atomic E-state index is 12.2. The van der Waals surface area contributed by atoms with Crippen molar-refractivity contribution < 1.29 is 4.79 Å². The van der Waals surface area contributed by atoms with E-state index in [1.807, 2.05) is 36.4 Å². The lowest BCUT2D eigenvalue weighted by molar-refractivity contribution is 0.102. The van der Waals surface area contributed by atoms with Crippen molar-refractivity contribution in [1.29, 1.82) is 0 Å². The minimum absolute atomic E-state index is 0.0573. The maximum absolute atomic E-state index is 12.2. The van der Waals surface area contributed by atoms with E-state index in [-0.39, 0.29) is 5.91 Å². The zero-order valence-electron chi connectivity index (χ0n) is 14.1. The van der Waals surface area contributed by atoms with Crippen LogP contribution >= 0.6 is 0 Å². The van der Waals surface area contributed by atoms with Gasteiger partial charge in [0.15, 0.2) is 0 Å². The quantitative estimate of drug-likeness (QED) is 0.841. The molecule has 2 atom stereocenters. The number of anilines is 1. The molecule has 2 saturated carbocycles. The molecule has 2 aromatic carbocycles. The standard InChI is InChI=1S/C21H24N2O/c1-14-11-17(23-21(24)16-5-3-2-4-6-16)9-10-18(14)19-12-20(19)22-13-15-7-8-15/h2-6,9-11,15,19-20,22H,7-8,12-13H2,1H3,(H,23,24). The Morgan fingerprint density at radius 3 is 2.62 bits per heavy atom. The van der Waals surface area contributed by atoms with Crippen molar-refractivity contribution in [2.45, 2.75) is 38.1 Å². The SMILES string of the molecule is Cc1cc(NC(=O)c2ccccc2)ccc1C1CC1NCC1CC1. The summed E-state index contributed by atoms with van der Waals surface area (Å²) in [5.41, 5.74) is 4.24. The Morgan fingerprint density at radius 2 is 1.92 bits per heavy atom. The third kappa shape index (κ3) is 3.51. The van der Waals surface area contributed by atoms with E-state index in [1.54, 1.807) is 0 Å². The van der Waals surface area contributed by atoms with Crippen molar-refractivity contribution in [3.05, 3.63) is 65.2 Å². The van der Waals surface area contributed by atoms with Crippen molar-refractivity contribution >= 4 is 11.6 Å². The summed E-state index contributed by atoms with van der Waals surface area (Å²) in [5, 5.41) is 6.68. The summed E-state index contributed by atoms with van der Waals surface area (Å²) < 4.78 is 0. The Hall–Kier alpha value is -2.13. The van der Waals surface area contributed by atoms with Gasteiger partial charge in [-0.2, -0.15) is 0 Å². The average Bonchev–Trinajstić information content (AvgIpc) is 3.49. The molecule has 124 valence electrons. The molecule has 24 heavy (non-hydrogen) atoms. The number of amides is 1. The van der Waals surface area contributed by atoms with Crippen LogP contribution in [0.3, 0.4) is 0 Å². The fourth-order valence-electron chi connectivity index (χ4n) is 3.37. The third-order valence-corrected chi connectivity index (χ3v) is 5.12. The first-order chi connectivity index (χ1) is 11.7. The molecule has 2 fully saturated rings. The molecule has 0 saturated heterocycles. The highest BCUT2D eigenvalue weighted by molar-refractivity contribution is 6.04. The van der Waals surface area contributed by atoms with Crippen molar-refractivity contribution in [3.8, 4) is 0 Å². The van der Waals surface area contributed by atoms with Crippen LogP contribution in [-0.2, 0) is 0 Å². The summed E-state index contributed by atoms with van der Waals surface area (Å²) in [5.74, 6) is 1.52. The van der Waals surface area contributed by atoms with Crippen LogP contribution in [0.5, 0.6) is 0 Å². The highest BCUT2D eigenvalue weighted by Gasteiger charge is 2.39. The molecule has 2 aliphatic rings. The minimum Gasteiger partial charge on any atom is -0.322 e. The van der Waals surface area contributed by atoms with Crippen molar-refractivity contribution in [3.63, 3.8) is 0 Å². The van der Waals surface area contributed by atoms with E-state index in [1.165, 1.54) is 36.9 Å². The van der Waals surface area contributed by atoms with Crippen LogP contribution in [0.1, 0.15) is 46.7 Å². The molecule has 0 aliphatic heterocycles. The van der Waals surface area contributed by atoms with Gasteiger partial charge < -0.3 is 10.6 Å². The maximum Gasteiger partial charge on any atom is 0.255 e. The van der Waals surface area contributed by atoms with Gasteiger partial charge in [-0.1, -0.05) is 24.3 Å². The summed E-state index contributed by atoms with van der Waals surface area (Å²) in [4.78, 5) is 12.2. The van der Waals surface area contributed by atoms with Gasteiger partial charge in [0.05, 0.1) is 0 Å². The number of nitrogens with one attached hydrogen (secondary N) is 2. The number of carbonyl (C=O) groups is 1. The van der Waals surface area contributed by atoms with E-state index in [0.29, 0.717) is 17.5 Å². The first-order valence-corrected chi connectivity index (χ1v) is 8.91. The number of hydrogen-bond donors (Lipinski definition) is 2. The first-order valence-electron chi connectivity index (χ1n) is 8.91. The molecule has 4 rings (SSSR count). The van der Waals surface area contributed by atoms with Gasteiger partial charge in [-0.3, -0.25) is 4.79 Å². The zero-order chi connectivity index (χ0) is 16.5. The van der Waals surface area contributed by atoms with E-state index in [4.69, 9.17) is 0 Å². The van der Waals surface area contributed by atoms with E-state index < -0.39 is 0 Å². The smallest absolute Gasteiger partial charge is 0.255 e. The minimum atomic E-state index is -0.0573. The second-order valence-electron chi connectivity index (χ2n) is 7.19. The highest BCUT2D eigenvalue weighted by atomic mass is 16.1.